The highest BCUT2D eigenvalue weighted by Gasteiger charge is 2.14. The Kier molecular flexibility index (Phi) is 2.93. The predicted molar refractivity (Wildman–Crippen MR) is 66.7 cm³/mol. The lowest BCUT2D eigenvalue weighted by Crippen LogP contribution is -2.20. The van der Waals surface area contributed by atoms with E-state index in [1.54, 1.807) is 11.3 Å². The molecule has 1 fully saturated rings. The first-order chi connectivity index (χ1) is 7.92. The van der Waals surface area contributed by atoms with E-state index in [1.807, 2.05) is 0 Å². The topological polar surface area (TPSA) is 29.3 Å². The molecule has 2 aromatic rings. The van der Waals surface area contributed by atoms with Crippen LogP contribution in [0, 0.1) is 5.92 Å². The molecule has 1 saturated carbocycles. The van der Waals surface area contributed by atoms with Crippen LogP contribution >= 0.6 is 11.3 Å². The van der Waals surface area contributed by atoms with E-state index in [9.17, 15) is 0 Å². The van der Waals surface area contributed by atoms with Crippen LogP contribution in [0.15, 0.2) is 17.8 Å². The van der Waals surface area contributed by atoms with Gasteiger partial charge in [-0.3, -0.25) is 4.40 Å². The van der Waals surface area contributed by atoms with Crippen molar-refractivity contribution >= 4 is 16.3 Å². The normalized spacial score (nSPS) is 17.5. The fourth-order valence-corrected chi connectivity index (χ4v) is 3.20. The second kappa shape index (κ2) is 4.55. The number of nitrogens with one attached hydrogen (secondary N) is 1. The number of hydrogen-bond donors (Lipinski definition) is 1. The first-order valence-corrected chi connectivity index (χ1v) is 6.91. The lowest BCUT2D eigenvalue weighted by atomic mass is 10.1. The molecule has 3 nitrogen and oxygen atoms in total. The van der Waals surface area contributed by atoms with Crippen LogP contribution in [0.25, 0.3) is 4.96 Å². The number of thiazole rings is 1. The molecule has 86 valence electrons. The van der Waals surface area contributed by atoms with Crippen molar-refractivity contribution in [3.8, 4) is 0 Å². The average Bonchev–Trinajstić information content (AvgIpc) is 2.91. The minimum Gasteiger partial charge on any atom is -0.311 e. The molecule has 1 N–H and O–H groups in total. The highest BCUT2D eigenvalue weighted by molar-refractivity contribution is 7.15. The number of hydrogen-bond acceptors (Lipinski definition) is 3. The second-order valence-corrected chi connectivity index (χ2v) is 5.48. The maximum Gasteiger partial charge on any atom is 0.193 e. The molecule has 0 saturated heterocycles. The minimum atomic E-state index is 0.906. The zero-order valence-electron chi connectivity index (χ0n) is 9.35. The molecule has 2 aromatic heterocycles. The van der Waals surface area contributed by atoms with Gasteiger partial charge in [0.05, 0.1) is 5.69 Å². The molecule has 4 heteroatoms. The Balaban J connectivity index is 1.52. The van der Waals surface area contributed by atoms with Gasteiger partial charge < -0.3 is 5.32 Å². The summed E-state index contributed by atoms with van der Waals surface area (Å²) in [7, 11) is 0. The van der Waals surface area contributed by atoms with Gasteiger partial charge in [0.15, 0.2) is 4.96 Å². The first kappa shape index (κ1) is 10.3. The van der Waals surface area contributed by atoms with Gasteiger partial charge in [-0.1, -0.05) is 12.8 Å². The Labute approximate surface area is 99.5 Å². The van der Waals surface area contributed by atoms with E-state index in [1.165, 1.54) is 25.7 Å². The number of nitrogens with zero attached hydrogens (tertiary/aromatic N) is 2. The zero-order valence-corrected chi connectivity index (χ0v) is 10.2. The molecule has 0 aliphatic heterocycles. The Bertz CT molecular complexity index is 425. The SMILES string of the molecule is c1cn2cc(CNCC3CCCC3)nc2s1. The van der Waals surface area contributed by atoms with Crippen LogP contribution in [0.2, 0.25) is 0 Å². The molecule has 0 atom stereocenters. The van der Waals surface area contributed by atoms with Gasteiger partial charge in [0.1, 0.15) is 0 Å². The van der Waals surface area contributed by atoms with Gasteiger partial charge in [0.25, 0.3) is 0 Å². The lowest BCUT2D eigenvalue weighted by molar-refractivity contribution is 0.487. The summed E-state index contributed by atoms with van der Waals surface area (Å²) in [6.07, 6.45) is 9.84. The van der Waals surface area contributed by atoms with E-state index >= 15 is 0 Å². The average molecular weight is 235 g/mol. The third kappa shape index (κ3) is 2.13. The van der Waals surface area contributed by atoms with Gasteiger partial charge >= 0.3 is 0 Å². The standard InChI is InChI=1S/C12H17N3S/c1-2-4-10(3-1)7-13-8-11-9-15-5-6-16-12(15)14-11/h5-6,9-10,13H,1-4,7-8H2. The third-order valence-corrected chi connectivity index (χ3v) is 4.13. The Morgan fingerprint density at radius 1 is 1.44 bits per heavy atom. The maximum atomic E-state index is 4.56. The van der Waals surface area contributed by atoms with Gasteiger partial charge in [0.2, 0.25) is 0 Å². The van der Waals surface area contributed by atoms with Crippen LogP contribution in [0.5, 0.6) is 0 Å². The molecule has 0 amide bonds. The summed E-state index contributed by atoms with van der Waals surface area (Å²) in [4.78, 5) is 5.65. The minimum absolute atomic E-state index is 0.906. The van der Waals surface area contributed by atoms with Crippen LogP contribution in [-0.2, 0) is 6.54 Å². The molecular formula is C12H17N3S. The van der Waals surface area contributed by atoms with Crippen LogP contribution in [0.3, 0.4) is 0 Å². The summed E-state index contributed by atoms with van der Waals surface area (Å²) >= 11 is 1.69. The maximum absolute atomic E-state index is 4.56. The molecule has 0 bridgehead atoms. The van der Waals surface area contributed by atoms with Gasteiger partial charge in [-0.25, -0.2) is 4.98 Å². The van der Waals surface area contributed by atoms with E-state index in [4.69, 9.17) is 0 Å². The fraction of sp³-hybridized carbons (Fsp3) is 0.583. The number of fused-ring (bicyclic) bond motifs is 1. The predicted octanol–water partition coefficient (Wildman–Crippen LogP) is 2.68. The fourth-order valence-electron chi connectivity index (χ4n) is 2.48. The van der Waals surface area contributed by atoms with E-state index in [-0.39, 0.29) is 0 Å². The molecule has 0 aromatic carbocycles. The Hall–Kier alpha value is -0.870. The van der Waals surface area contributed by atoms with Crippen LogP contribution in [-0.4, -0.2) is 15.9 Å². The van der Waals surface area contributed by atoms with Gasteiger partial charge in [-0.05, 0) is 25.3 Å². The third-order valence-electron chi connectivity index (χ3n) is 3.36. The monoisotopic (exact) mass is 235 g/mol. The first-order valence-electron chi connectivity index (χ1n) is 6.03. The Morgan fingerprint density at radius 2 is 2.31 bits per heavy atom. The molecule has 0 radical (unpaired) electrons. The van der Waals surface area contributed by atoms with Crippen molar-refractivity contribution in [2.45, 2.75) is 32.2 Å². The Morgan fingerprint density at radius 3 is 3.12 bits per heavy atom. The van der Waals surface area contributed by atoms with Crippen molar-refractivity contribution in [1.82, 2.24) is 14.7 Å². The second-order valence-electron chi connectivity index (χ2n) is 4.61. The molecule has 3 rings (SSSR count). The molecule has 0 spiro atoms. The van der Waals surface area contributed by atoms with Gasteiger partial charge in [0, 0.05) is 24.3 Å². The van der Waals surface area contributed by atoms with Crippen LogP contribution < -0.4 is 5.32 Å². The van der Waals surface area contributed by atoms with Crippen LogP contribution in [0.4, 0.5) is 0 Å². The summed E-state index contributed by atoms with van der Waals surface area (Å²) < 4.78 is 2.09. The van der Waals surface area contributed by atoms with Crippen molar-refractivity contribution in [1.29, 1.82) is 0 Å². The highest BCUT2D eigenvalue weighted by atomic mass is 32.1. The summed E-state index contributed by atoms with van der Waals surface area (Å²) in [6.45, 7) is 2.07. The van der Waals surface area contributed by atoms with Crippen molar-refractivity contribution in [2.75, 3.05) is 6.54 Å². The summed E-state index contributed by atoms with van der Waals surface area (Å²) in [5.74, 6) is 0.906. The van der Waals surface area contributed by atoms with E-state index in [0.29, 0.717) is 0 Å². The number of aromatic nitrogens is 2. The van der Waals surface area contributed by atoms with E-state index < -0.39 is 0 Å². The summed E-state index contributed by atoms with van der Waals surface area (Å²) in [6, 6.07) is 0. The smallest absolute Gasteiger partial charge is 0.193 e. The molecule has 2 heterocycles. The largest absolute Gasteiger partial charge is 0.311 e. The van der Waals surface area contributed by atoms with E-state index in [0.717, 1.165) is 29.7 Å². The summed E-state index contributed by atoms with van der Waals surface area (Å²) in [5, 5.41) is 5.59. The summed E-state index contributed by atoms with van der Waals surface area (Å²) in [5.41, 5.74) is 1.16. The van der Waals surface area contributed by atoms with Crippen molar-refractivity contribution in [2.24, 2.45) is 5.92 Å². The van der Waals surface area contributed by atoms with Crippen LogP contribution in [0.1, 0.15) is 31.4 Å². The van der Waals surface area contributed by atoms with E-state index in [2.05, 4.69) is 32.5 Å². The number of imidazole rings is 1. The van der Waals surface area contributed by atoms with Crippen molar-refractivity contribution < 1.29 is 0 Å². The molecule has 1 aliphatic carbocycles. The molecule has 1 aliphatic rings. The quantitative estimate of drug-likeness (QED) is 0.883. The molecule has 0 unspecified atom stereocenters. The molecule has 16 heavy (non-hydrogen) atoms. The molecular weight excluding hydrogens is 218 g/mol. The highest BCUT2D eigenvalue weighted by Crippen LogP contribution is 2.23. The lowest BCUT2D eigenvalue weighted by Gasteiger charge is -2.08. The van der Waals surface area contributed by atoms with Crippen molar-refractivity contribution in [3.63, 3.8) is 0 Å². The number of rotatable bonds is 4. The van der Waals surface area contributed by atoms with Gasteiger partial charge in [-0.15, -0.1) is 11.3 Å². The zero-order chi connectivity index (χ0) is 10.8. The van der Waals surface area contributed by atoms with Crippen molar-refractivity contribution in [3.05, 3.63) is 23.5 Å². The van der Waals surface area contributed by atoms with Gasteiger partial charge in [-0.2, -0.15) is 0 Å².